The van der Waals surface area contributed by atoms with Gasteiger partial charge in [-0.3, -0.25) is 19.4 Å². The van der Waals surface area contributed by atoms with E-state index < -0.39 is 0 Å². The fourth-order valence-corrected chi connectivity index (χ4v) is 4.14. The highest BCUT2D eigenvalue weighted by Gasteiger charge is 2.31. The van der Waals surface area contributed by atoms with Crippen LogP contribution in [0.15, 0.2) is 58.7 Å². The molecule has 0 radical (unpaired) electrons. The van der Waals surface area contributed by atoms with Crippen LogP contribution in [0.5, 0.6) is 0 Å². The fourth-order valence-electron chi connectivity index (χ4n) is 4.14. The van der Waals surface area contributed by atoms with Crippen LogP contribution in [0.25, 0.3) is 0 Å². The third-order valence-electron chi connectivity index (χ3n) is 6.11. The molecule has 176 valence electrons. The third-order valence-corrected chi connectivity index (χ3v) is 6.11. The number of rotatable bonds is 9. The molecule has 0 aromatic carbocycles. The van der Waals surface area contributed by atoms with Gasteiger partial charge in [-0.1, -0.05) is 12.5 Å². The van der Waals surface area contributed by atoms with Gasteiger partial charge in [-0.2, -0.15) is 0 Å². The maximum Gasteiger partial charge on any atom is 0.249 e. The number of carbonyl (C=O) groups is 3. The van der Waals surface area contributed by atoms with Gasteiger partial charge in [-0.25, -0.2) is 0 Å². The second-order valence-corrected chi connectivity index (χ2v) is 8.35. The highest BCUT2D eigenvalue weighted by atomic mass is 16.5. The second kappa shape index (κ2) is 11.7. The van der Waals surface area contributed by atoms with E-state index in [0.717, 1.165) is 25.7 Å². The number of amides is 1. The molecular weight excluding hydrogens is 420 g/mol. The highest BCUT2D eigenvalue weighted by Crippen LogP contribution is 2.28. The van der Waals surface area contributed by atoms with Crippen LogP contribution in [0.3, 0.4) is 0 Å². The lowest BCUT2D eigenvalue weighted by atomic mass is 9.87. The number of hydrogen-bond donors (Lipinski definition) is 0. The van der Waals surface area contributed by atoms with Gasteiger partial charge in [0.25, 0.3) is 0 Å². The minimum absolute atomic E-state index is 0.0477. The van der Waals surface area contributed by atoms with Crippen molar-refractivity contribution < 1.29 is 23.9 Å². The zero-order valence-electron chi connectivity index (χ0n) is 19.7. The predicted octanol–water partition coefficient (Wildman–Crippen LogP) is 3.36. The number of allylic oxidation sites excluding steroid dienone is 4. The molecule has 1 fully saturated rings. The molecule has 1 aromatic heterocycles. The molecule has 1 aliphatic heterocycles. The van der Waals surface area contributed by atoms with Gasteiger partial charge in [0.15, 0.2) is 11.5 Å². The number of ether oxygens (including phenoxy) is 2. The summed E-state index contributed by atoms with van der Waals surface area (Å²) in [5, 5.41) is 0. The SMILES string of the molecule is COC1=C(C)C(=O)C(C)=C(C=C(CCCCCc2cccnc2)C(=O)N2CCOCC2)C1=O. The van der Waals surface area contributed by atoms with Crippen molar-refractivity contribution in [1.82, 2.24) is 9.88 Å². The van der Waals surface area contributed by atoms with E-state index in [1.807, 2.05) is 12.3 Å². The van der Waals surface area contributed by atoms with Crippen LogP contribution < -0.4 is 0 Å². The Balaban J connectivity index is 1.76. The largest absolute Gasteiger partial charge is 0.492 e. The molecule has 1 aromatic rings. The van der Waals surface area contributed by atoms with Gasteiger partial charge in [0, 0.05) is 47.8 Å². The van der Waals surface area contributed by atoms with Crippen LogP contribution >= 0.6 is 0 Å². The Labute approximate surface area is 195 Å². The summed E-state index contributed by atoms with van der Waals surface area (Å²) in [6.07, 6.45) is 9.45. The third kappa shape index (κ3) is 6.05. The van der Waals surface area contributed by atoms with E-state index in [9.17, 15) is 14.4 Å². The Morgan fingerprint density at radius 2 is 1.88 bits per heavy atom. The molecule has 7 nitrogen and oxygen atoms in total. The first kappa shape index (κ1) is 24.6. The van der Waals surface area contributed by atoms with Gasteiger partial charge < -0.3 is 14.4 Å². The summed E-state index contributed by atoms with van der Waals surface area (Å²) >= 11 is 0. The van der Waals surface area contributed by atoms with Gasteiger partial charge in [0.1, 0.15) is 0 Å². The number of aryl methyl sites for hydroxylation is 1. The molecule has 0 atom stereocenters. The summed E-state index contributed by atoms with van der Waals surface area (Å²) < 4.78 is 10.6. The highest BCUT2D eigenvalue weighted by molar-refractivity contribution is 6.25. The van der Waals surface area contributed by atoms with Gasteiger partial charge in [0.05, 0.1) is 20.3 Å². The number of unbranched alkanes of at least 4 members (excludes halogenated alkanes) is 2. The Hall–Kier alpha value is -3.06. The molecule has 0 spiro atoms. The topological polar surface area (TPSA) is 85.8 Å². The monoisotopic (exact) mass is 452 g/mol. The number of Topliss-reactive ketones (excluding diaryl/α,β-unsaturated/α-hetero) is 2. The van der Waals surface area contributed by atoms with E-state index in [0.29, 0.717) is 49.4 Å². The van der Waals surface area contributed by atoms with E-state index in [2.05, 4.69) is 11.1 Å². The minimum atomic E-state index is -0.351. The molecule has 0 saturated carbocycles. The van der Waals surface area contributed by atoms with E-state index in [-0.39, 0.29) is 28.8 Å². The molecule has 33 heavy (non-hydrogen) atoms. The van der Waals surface area contributed by atoms with Crippen molar-refractivity contribution in [3.63, 3.8) is 0 Å². The average Bonchev–Trinajstić information content (AvgIpc) is 2.85. The smallest absolute Gasteiger partial charge is 0.249 e. The van der Waals surface area contributed by atoms with Crippen molar-refractivity contribution >= 4 is 17.5 Å². The first-order chi connectivity index (χ1) is 15.9. The van der Waals surface area contributed by atoms with Crippen molar-refractivity contribution in [3.05, 3.63) is 64.2 Å². The van der Waals surface area contributed by atoms with Crippen LogP contribution in [-0.2, 0) is 30.3 Å². The summed E-state index contributed by atoms with van der Waals surface area (Å²) in [5.41, 5.74) is 2.63. The number of morpholine rings is 1. The standard InChI is InChI=1S/C26H32N2O5/c1-18-22(24(30)25(32-3)19(2)23(18)29)16-21(26(31)28-12-14-33-15-13-28)10-6-4-5-8-20-9-7-11-27-17-20/h7,9,11,16-17H,4-6,8,10,12-15H2,1-3H3. The molecule has 0 bridgehead atoms. The van der Waals surface area contributed by atoms with E-state index in [1.54, 1.807) is 31.0 Å². The average molecular weight is 453 g/mol. The first-order valence-corrected chi connectivity index (χ1v) is 11.5. The molecule has 0 unspecified atom stereocenters. The minimum Gasteiger partial charge on any atom is -0.492 e. The number of ketones is 2. The van der Waals surface area contributed by atoms with Crippen molar-refractivity contribution in [3.8, 4) is 0 Å². The molecule has 7 heteroatoms. The Bertz CT molecular complexity index is 985. The molecule has 3 rings (SSSR count). The van der Waals surface area contributed by atoms with Gasteiger partial charge in [-0.05, 0) is 57.2 Å². The molecule has 1 amide bonds. The van der Waals surface area contributed by atoms with Crippen molar-refractivity contribution in [2.24, 2.45) is 0 Å². The van der Waals surface area contributed by atoms with Crippen LogP contribution in [0, 0.1) is 0 Å². The van der Waals surface area contributed by atoms with Gasteiger partial charge in [0.2, 0.25) is 11.7 Å². The lowest BCUT2D eigenvalue weighted by Crippen LogP contribution is -2.41. The summed E-state index contributed by atoms with van der Waals surface area (Å²) in [4.78, 5) is 44.8. The normalized spacial score (nSPS) is 17.7. The van der Waals surface area contributed by atoms with Crippen LogP contribution in [0.2, 0.25) is 0 Å². The van der Waals surface area contributed by atoms with Gasteiger partial charge >= 0.3 is 0 Å². The molecule has 1 saturated heterocycles. The molecular formula is C26H32N2O5. The van der Waals surface area contributed by atoms with Crippen LogP contribution in [0.1, 0.15) is 45.1 Å². The zero-order chi connectivity index (χ0) is 23.8. The number of pyridine rings is 1. The summed E-state index contributed by atoms with van der Waals surface area (Å²) in [5.74, 6) is -0.633. The Morgan fingerprint density at radius 3 is 2.55 bits per heavy atom. The Morgan fingerprint density at radius 1 is 1.12 bits per heavy atom. The number of aromatic nitrogens is 1. The number of nitrogens with zero attached hydrogens (tertiary/aromatic N) is 2. The zero-order valence-corrected chi connectivity index (χ0v) is 19.7. The van der Waals surface area contributed by atoms with Crippen molar-refractivity contribution in [2.75, 3.05) is 33.4 Å². The van der Waals surface area contributed by atoms with Crippen molar-refractivity contribution in [2.45, 2.75) is 46.0 Å². The summed E-state index contributed by atoms with van der Waals surface area (Å²) in [6, 6.07) is 3.99. The lowest BCUT2D eigenvalue weighted by molar-refractivity contribution is -0.131. The Kier molecular flexibility index (Phi) is 8.72. The molecule has 2 aliphatic rings. The number of methoxy groups -OCH3 is 1. The predicted molar refractivity (Wildman–Crippen MR) is 124 cm³/mol. The van der Waals surface area contributed by atoms with Crippen LogP contribution in [-0.4, -0.2) is 60.8 Å². The molecule has 2 heterocycles. The molecule has 0 N–H and O–H groups in total. The van der Waals surface area contributed by atoms with E-state index >= 15 is 0 Å². The number of carbonyl (C=O) groups excluding carboxylic acids is 3. The van der Waals surface area contributed by atoms with Gasteiger partial charge in [-0.15, -0.1) is 0 Å². The summed E-state index contributed by atoms with van der Waals surface area (Å²) in [7, 11) is 1.38. The van der Waals surface area contributed by atoms with Crippen LogP contribution in [0.4, 0.5) is 0 Å². The van der Waals surface area contributed by atoms with E-state index in [1.165, 1.54) is 12.7 Å². The quantitative estimate of drug-likeness (QED) is 0.324. The lowest BCUT2D eigenvalue weighted by Gasteiger charge is -2.28. The second-order valence-electron chi connectivity index (χ2n) is 8.35. The van der Waals surface area contributed by atoms with Crippen molar-refractivity contribution in [1.29, 1.82) is 0 Å². The van der Waals surface area contributed by atoms with E-state index in [4.69, 9.17) is 9.47 Å². The first-order valence-electron chi connectivity index (χ1n) is 11.5. The summed E-state index contributed by atoms with van der Waals surface area (Å²) in [6.45, 7) is 5.25. The maximum atomic E-state index is 13.3. The maximum absolute atomic E-state index is 13.3. The number of hydrogen-bond acceptors (Lipinski definition) is 6. The molecule has 1 aliphatic carbocycles. The fraction of sp³-hybridized carbons (Fsp3) is 0.462.